The van der Waals surface area contributed by atoms with Crippen LogP contribution < -0.4 is 10.6 Å². The van der Waals surface area contributed by atoms with E-state index in [9.17, 15) is 8.42 Å². The molecule has 0 spiro atoms. The van der Waals surface area contributed by atoms with Crippen molar-refractivity contribution in [1.29, 1.82) is 0 Å². The van der Waals surface area contributed by atoms with E-state index < -0.39 is 10.0 Å². The van der Waals surface area contributed by atoms with Crippen molar-refractivity contribution in [2.45, 2.75) is 24.8 Å². The zero-order valence-corrected chi connectivity index (χ0v) is 19.9. The summed E-state index contributed by atoms with van der Waals surface area (Å²) in [5.74, 6) is 0.619. The summed E-state index contributed by atoms with van der Waals surface area (Å²) in [5.41, 5.74) is 1.75. The Morgan fingerprint density at radius 1 is 1.26 bits per heavy atom. The molecule has 0 aliphatic heterocycles. The minimum Gasteiger partial charge on any atom is -0.356 e. The minimum absolute atomic E-state index is 0. The molecule has 0 aliphatic rings. The van der Waals surface area contributed by atoms with Gasteiger partial charge in [0.1, 0.15) is 0 Å². The molecule has 0 saturated heterocycles. The van der Waals surface area contributed by atoms with Gasteiger partial charge < -0.3 is 10.6 Å². The number of rotatable bonds is 7. The van der Waals surface area contributed by atoms with Crippen LogP contribution >= 0.6 is 35.3 Å². The third kappa shape index (κ3) is 6.70. The Morgan fingerprint density at radius 3 is 2.56 bits per heavy atom. The van der Waals surface area contributed by atoms with Crippen molar-refractivity contribution in [2.75, 3.05) is 27.7 Å². The summed E-state index contributed by atoms with van der Waals surface area (Å²) in [7, 11) is 1.25. The van der Waals surface area contributed by atoms with Gasteiger partial charge in [-0.3, -0.25) is 4.99 Å². The maximum absolute atomic E-state index is 12.4. The van der Waals surface area contributed by atoms with Gasteiger partial charge in [-0.15, -0.1) is 35.3 Å². The van der Waals surface area contributed by atoms with Gasteiger partial charge in [-0.25, -0.2) is 17.7 Å². The lowest BCUT2D eigenvalue weighted by Gasteiger charge is -2.16. The number of aliphatic imine (C=N–C) groups is 1. The van der Waals surface area contributed by atoms with Crippen LogP contribution in [0, 0.1) is 6.92 Å². The van der Waals surface area contributed by atoms with E-state index in [1.165, 1.54) is 18.4 Å². The first-order valence-electron chi connectivity index (χ1n) is 8.20. The fourth-order valence-electron chi connectivity index (χ4n) is 2.33. The Hall–Kier alpha value is -1.24. The highest BCUT2D eigenvalue weighted by molar-refractivity contribution is 14.0. The van der Waals surface area contributed by atoms with Gasteiger partial charge in [0.25, 0.3) is 0 Å². The number of hydrogen-bond donors (Lipinski definition) is 2. The molecule has 2 N–H and O–H groups in total. The summed E-state index contributed by atoms with van der Waals surface area (Å²) < 4.78 is 26.1. The number of nitrogens with one attached hydrogen (secondary N) is 2. The van der Waals surface area contributed by atoms with Gasteiger partial charge in [0.15, 0.2) is 5.96 Å². The maximum atomic E-state index is 12.4. The Morgan fingerprint density at radius 2 is 1.96 bits per heavy atom. The first kappa shape index (κ1) is 23.8. The topological polar surface area (TPSA) is 86.7 Å². The Bertz CT molecular complexity index is 866. The Labute approximate surface area is 182 Å². The highest BCUT2D eigenvalue weighted by Crippen LogP contribution is 2.18. The van der Waals surface area contributed by atoms with Crippen molar-refractivity contribution in [3.63, 3.8) is 0 Å². The van der Waals surface area contributed by atoms with Crippen LogP contribution in [0.1, 0.15) is 16.3 Å². The summed E-state index contributed by atoms with van der Waals surface area (Å²) in [4.78, 5) is 8.91. The lowest BCUT2D eigenvalue weighted by Crippen LogP contribution is -2.38. The van der Waals surface area contributed by atoms with Crippen LogP contribution in [0.4, 0.5) is 0 Å². The van der Waals surface area contributed by atoms with Gasteiger partial charge in [0, 0.05) is 46.0 Å². The lowest BCUT2D eigenvalue weighted by atomic mass is 10.2. The highest BCUT2D eigenvalue weighted by atomic mass is 127. The summed E-state index contributed by atoms with van der Waals surface area (Å²) >= 11 is 1.64. The quantitative estimate of drug-likeness (QED) is 0.330. The molecule has 1 aromatic carbocycles. The summed E-state index contributed by atoms with van der Waals surface area (Å²) in [6.07, 6.45) is 0.802. The van der Waals surface area contributed by atoms with Crippen LogP contribution in [0.2, 0.25) is 0 Å². The van der Waals surface area contributed by atoms with Gasteiger partial charge in [-0.2, -0.15) is 0 Å². The molecule has 0 amide bonds. The van der Waals surface area contributed by atoms with E-state index in [-0.39, 0.29) is 24.0 Å². The van der Waals surface area contributed by atoms with Crippen molar-refractivity contribution in [3.05, 3.63) is 45.9 Å². The molecule has 2 rings (SSSR count). The molecule has 0 radical (unpaired) electrons. The molecule has 27 heavy (non-hydrogen) atoms. The molecule has 0 aliphatic carbocycles. The molecular formula is C17H26IN5O2S2. The van der Waals surface area contributed by atoms with Crippen molar-refractivity contribution in [2.24, 2.45) is 4.99 Å². The van der Waals surface area contributed by atoms with Crippen LogP contribution in [0.15, 0.2) is 39.5 Å². The van der Waals surface area contributed by atoms with Crippen molar-refractivity contribution >= 4 is 51.3 Å². The zero-order chi connectivity index (χ0) is 19.2. The predicted molar refractivity (Wildman–Crippen MR) is 121 cm³/mol. The van der Waals surface area contributed by atoms with Crippen LogP contribution in [0.25, 0.3) is 0 Å². The van der Waals surface area contributed by atoms with E-state index in [1.54, 1.807) is 36.6 Å². The second-order valence-corrected chi connectivity index (χ2v) is 9.04. The number of halogens is 1. The summed E-state index contributed by atoms with van der Waals surface area (Å²) in [6, 6.07) is 6.97. The zero-order valence-electron chi connectivity index (χ0n) is 15.9. The molecule has 1 aromatic heterocycles. The molecule has 0 fully saturated rings. The largest absolute Gasteiger partial charge is 0.356 e. The number of aryl methyl sites for hydroxylation is 1. The van der Waals surface area contributed by atoms with E-state index >= 15 is 0 Å². The van der Waals surface area contributed by atoms with Crippen molar-refractivity contribution in [1.82, 2.24) is 19.9 Å². The summed E-state index contributed by atoms with van der Waals surface area (Å²) in [5, 5.41) is 9.50. The first-order valence-corrected chi connectivity index (χ1v) is 10.5. The first-order chi connectivity index (χ1) is 12.3. The molecule has 1 heterocycles. The summed E-state index contributed by atoms with van der Waals surface area (Å²) in [6.45, 7) is 3.04. The molecule has 2 aromatic rings. The Balaban J connectivity index is 0.00000364. The van der Waals surface area contributed by atoms with Gasteiger partial charge in [-0.1, -0.05) is 18.2 Å². The van der Waals surface area contributed by atoms with E-state index in [2.05, 4.69) is 26.0 Å². The molecule has 10 heteroatoms. The van der Waals surface area contributed by atoms with Gasteiger partial charge >= 0.3 is 0 Å². The lowest BCUT2D eigenvalue weighted by molar-refractivity contribution is 0.519. The van der Waals surface area contributed by atoms with E-state index in [0.29, 0.717) is 29.5 Å². The minimum atomic E-state index is -3.49. The monoisotopic (exact) mass is 523 g/mol. The van der Waals surface area contributed by atoms with Crippen molar-refractivity contribution in [3.8, 4) is 0 Å². The van der Waals surface area contributed by atoms with E-state index in [1.807, 2.05) is 13.0 Å². The normalized spacial score (nSPS) is 12.0. The predicted octanol–water partition coefficient (Wildman–Crippen LogP) is 2.23. The highest BCUT2D eigenvalue weighted by Gasteiger charge is 2.20. The number of nitrogens with zero attached hydrogens (tertiary/aromatic N) is 3. The van der Waals surface area contributed by atoms with Crippen molar-refractivity contribution < 1.29 is 8.42 Å². The van der Waals surface area contributed by atoms with Crippen LogP contribution in [0.5, 0.6) is 0 Å². The Kier molecular flexibility index (Phi) is 9.63. The fraction of sp³-hybridized carbons (Fsp3) is 0.412. The molecule has 150 valence electrons. The average Bonchev–Trinajstić information content (AvgIpc) is 3.03. The number of hydrogen-bond acceptors (Lipinski definition) is 5. The van der Waals surface area contributed by atoms with Gasteiger partial charge in [0.2, 0.25) is 10.0 Å². The van der Waals surface area contributed by atoms with Crippen LogP contribution in [-0.4, -0.2) is 51.4 Å². The fourth-order valence-corrected chi connectivity index (χ4v) is 4.09. The molecule has 0 bridgehead atoms. The number of thiazole rings is 1. The molecule has 7 nitrogen and oxygen atoms in total. The number of benzene rings is 1. The standard InChI is InChI=1S/C17H25N5O2S2.HI/c1-13-21-15(12-25-13)9-10-19-17(18-2)20-11-14-7-5-6-8-16(14)26(23,24)22(3)4;/h5-8,12H,9-11H2,1-4H3,(H2,18,19,20);1H. The number of aromatic nitrogens is 1. The van der Waals surface area contributed by atoms with Crippen LogP contribution in [-0.2, 0) is 23.0 Å². The third-order valence-corrected chi connectivity index (χ3v) is 6.48. The van der Waals surface area contributed by atoms with E-state index in [4.69, 9.17) is 0 Å². The average molecular weight is 523 g/mol. The SMILES string of the molecule is CN=C(NCCc1csc(C)n1)NCc1ccccc1S(=O)(=O)N(C)C.I. The van der Waals surface area contributed by atoms with Gasteiger partial charge in [-0.05, 0) is 18.6 Å². The second kappa shape index (κ2) is 10.9. The molecule has 0 saturated carbocycles. The smallest absolute Gasteiger partial charge is 0.242 e. The van der Waals surface area contributed by atoms with Crippen LogP contribution in [0.3, 0.4) is 0 Å². The van der Waals surface area contributed by atoms with E-state index in [0.717, 1.165) is 17.1 Å². The molecule has 0 atom stereocenters. The van der Waals surface area contributed by atoms with Gasteiger partial charge in [0.05, 0.1) is 15.6 Å². The third-order valence-electron chi connectivity index (χ3n) is 3.74. The molecular weight excluding hydrogens is 497 g/mol. The maximum Gasteiger partial charge on any atom is 0.242 e. The number of sulfonamides is 1. The number of guanidine groups is 1. The second-order valence-electron chi connectivity index (χ2n) is 5.86. The molecule has 0 unspecified atom stereocenters.